The highest BCUT2D eigenvalue weighted by Gasteiger charge is 2.58. The molecule has 122 heavy (non-hydrogen) atoms. The zero-order chi connectivity index (χ0) is 80.8. The first-order chi connectivity index (χ1) is 60.3. The molecule has 0 N–H and O–H groups in total. The van der Waals surface area contributed by atoms with E-state index < -0.39 is 25.1 Å². The van der Waals surface area contributed by atoms with Crippen LogP contribution in [0.1, 0.15) is 44.5 Å². The Morgan fingerprint density at radius 3 is 1.20 bits per heavy atom. The normalized spacial score (nSPS) is 17.5. The van der Waals surface area contributed by atoms with Gasteiger partial charge in [0.15, 0.2) is 25.8 Å². The Morgan fingerprint density at radius 1 is 0.262 bits per heavy atom. The number of anilines is 6. The monoisotopic (exact) mass is 1630 g/mol. The standard InChI is InChI=1S/C58H37N4OPS.C51H32N3OPS/c63-64(42-20-8-3-9-21-42)53-26-14-12-24-47(53)58(48-35-44-43-22-10-15-27-55(43)65-56(44)37-54(48)64)45-23-11-13-25-51(45)62(41-18-6-2-7-19-41)52-34-40(28-29-46(52)58)57-60-49(38-16-4-1-5-17-38)36-50(61-57)39-30-32-59-33-31-39;55-56(35-16-5-2-6-17-35)46-23-11-9-21-42(46)51(43-31-39-37-18-7-12-24-48(37)57-49(39)32-47(43)56)40-20-8-10-22-44(40)54(34-14-3-1-4-15-34)45-30-33(25-26-41(45)51)36-27-29-53-50-38(36)19-13-28-52-50/h1-37H;1-32H. The number of aromatic nitrogens is 5. The number of nitrogens with zero attached hydrogens (tertiary/aromatic N) is 7. The Labute approximate surface area is 712 Å². The third-order valence-electron chi connectivity index (χ3n) is 25.3. The molecule has 4 unspecified atom stereocenters. The van der Waals surface area contributed by atoms with Crippen molar-refractivity contribution in [1.82, 2.24) is 24.9 Å². The summed E-state index contributed by atoms with van der Waals surface area (Å²) < 4.78 is 38.1. The van der Waals surface area contributed by atoms with Gasteiger partial charge < -0.3 is 18.9 Å². The van der Waals surface area contributed by atoms with Crippen LogP contribution in [0.25, 0.3) is 96.4 Å². The summed E-state index contributed by atoms with van der Waals surface area (Å²) in [4.78, 5) is 28.9. The molecule has 0 saturated carbocycles. The van der Waals surface area contributed by atoms with Crippen molar-refractivity contribution >= 4 is 154 Å². The summed E-state index contributed by atoms with van der Waals surface area (Å²) in [5.74, 6) is 0.617. The Morgan fingerprint density at radius 2 is 0.672 bits per heavy atom. The molecular weight excluding hydrogens is 1570 g/mol. The summed E-state index contributed by atoms with van der Waals surface area (Å²) in [5, 5.41) is 11.0. The molecule has 574 valence electrons. The highest BCUT2D eigenvalue weighted by Crippen LogP contribution is 2.67. The number of benzene rings is 15. The van der Waals surface area contributed by atoms with E-state index in [9.17, 15) is 0 Å². The second-order valence-electron chi connectivity index (χ2n) is 31.5. The van der Waals surface area contributed by atoms with Crippen LogP contribution in [0.2, 0.25) is 0 Å². The fraction of sp³-hybridized carbons (Fsp3) is 0.0183. The molecule has 0 saturated heterocycles. The Kier molecular flexibility index (Phi) is 16.5. The molecule has 21 aromatic rings. The van der Waals surface area contributed by atoms with Crippen LogP contribution in [0.3, 0.4) is 0 Å². The number of rotatable bonds is 8. The minimum atomic E-state index is -3.44. The van der Waals surface area contributed by atoms with Crippen molar-refractivity contribution in [2.24, 2.45) is 0 Å². The highest BCUT2D eigenvalue weighted by molar-refractivity contribution is 7.86. The lowest BCUT2D eigenvalue weighted by atomic mass is 9.61. The van der Waals surface area contributed by atoms with Crippen LogP contribution in [-0.2, 0) is 20.0 Å². The first kappa shape index (κ1) is 71.7. The van der Waals surface area contributed by atoms with Gasteiger partial charge in [-0.25, -0.2) is 19.9 Å². The molecular formula is C109H69N7O2P2S2. The van der Waals surface area contributed by atoms with Gasteiger partial charge in [0.05, 0.1) is 45.0 Å². The average molecular weight is 1630 g/mol. The van der Waals surface area contributed by atoms with Crippen molar-refractivity contribution in [3.8, 4) is 45.0 Å². The van der Waals surface area contributed by atoms with E-state index in [1.54, 1.807) is 41.3 Å². The second kappa shape index (κ2) is 28.1. The predicted octanol–water partition coefficient (Wildman–Crippen LogP) is 25.1. The summed E-state index contributed by atoms with van der Waals surface area (Å²) in [6.07, 6.45) is 7.25. The third-order valence-corrected chi connectivity index (χ3v) is 33.8. The van der Waals surface area contributed by atoms with E-state index in [-0.39, 0.29) is 0 Å². The highest BCUT2D eigenvalue weighted by atomic mass is 32.1. The van der Waals surface area contributed by atoms with E-state index in [1.807, 2.05) is 91.1 Å². The Bertz CT molecular complexity index is 7890. The van der Waals surface area contributed by atoms with Crippen molar-refractivity contribution < 1.29 is 9.13 Å². The molecule has 9 nitrogen and oxygen atoms in total. The second-order valence-corrected chi connectivity index (χ2v) is 39.1. The number of pyridine rings is 3. The maximum absolute atomic E-state index is 16.8. The van der Waals surface area contributed by atoms with Gasteiger partial charge in [-0.15, -0.1) is 22.7 Å². The van der Waals surface area contributed by atoms with Crippen molar-refractivity contribution in [1.29, 1.82) is 0 Å². The number of para-hydroxylation sites is 4. The van der Waals surface area contributed by atoms with Gasteiger partial charge >= 0.3 is 0 Å². The van der Waals surface area contributed by atoms with Gasteiger partial charge in [-0.05, 0) is 177 Å². The van der Waals surface area contributed by atoms with Gasteiger partial charge in [-0.2, -0.15) is 0 Å². The number of fused-ring (bicyclic) bond motifs is 23. The molecule has 15 aromatic carbocycles. The molecule has 4 aliphatic rings. The number of thiophene rings is 2. The zero-order valence-electron chi connectivity index (χ0n) is 65.5. The van der Waals surface area contributed by atoms with Crippen molar-refractivity contribution in [3.05, 3.63) is 464 Å². The van der Waals surface area contributed by atoms with Gasteiger partial charge in [-0.3, -0.25) is 4.98 Å². The van der Waals surface area contributed by atoms with Gasteiger partial charge in [0, 0.05) is 130 Å². The predicted molar refractivity (Wildman–Crippen MR) is 506 cm³/mol. The zero-order valence-corrected chi connectivity index (χ0v) is 68.9. The minimum Gasteiger partial charge on any atom is -0.310 e. The molecule has 2 spiro atoms. The van der Waals surface area contributed by atoms with E-state index in [1.165, 1.54) is 30.9 Å². The van der Waals surface area contributed by atoms with E-state index in [0.717, 1.165) is 164 Å². The lowest BCUT2D eigenvalue weighted by Gasteiger charge is -2.50. The van der Waals surface area contributed by atoms with Crippen LogP contribution in [0, 0.1) is 0 Å². The molecule has 0 radical (unpaired) electrons. The van der Waals surface area contributed by atoms with E-state index in [0.29, 0.717) is 11.5 Å². The van der Waals surface area contributed by atoms with Crippen LogP contribution < -0.4 is 41.6 Å². The topological polar surface area (TPSA) is 105 Å². The van der Waals surface area contributed by atoms with E-state index in [4.69, 9.17) is 9.97 Å². The van der Waals surface area contributed by atoms with Crippen LogP contribution in [0.5, 0.6) is 0 Å². The van der Waals surface area contributed by atoms with Crippen LogP contribution in [0.15, 0.2) is 419 Å². The molecule has 25 rings (SSSR count). The molecule has 4 aliphatic heterocycles. The van der Waals surface area contributed by atoms with Crippen LogP contribution >= 0.6 is 37.0 Å². The van der Waals surface area contributed by atoms with Crippen LogP contribution in [0.4, 0.5) is 34.1 Å². The lowest BCUT2D eigenvalue weighted by molar-refractivity contribution is 0.589. The van der Waals surface area contributed by atoms with E-state index in [2.05, 4.69) is 334 Å². The van der Waals surface area contributed by atoms with Crippen LogP contribution in [-0.4, -0.2) is 24.9 Å². The molecule has 6 aromatic heterocycles. The molecule has 10 heterocycles. The largest absolute Gasteiger partial charge is 0.310 e. The van der Waals surface area contributed by atoms with Gasteiger partial charge in [0.2, 0.25) is 0 Å². The molecule has 0 amide bonds. The lowest BCUT2D eigenvalue weighted by Crippen LogP contribution is -2.49. The van der Waals surface area contributed by atoms with Crippen molar-refractivity contribution in [2.75, 3.05) is 9.80 Å². The van der Waals surface area contributed by atoms with E-state index >= 15 is 9.13 Å². The number of hydrogen-bond donors (Lipinski definition) is 0. The Balaban J connectivity index is 0.000000139. The number of hydrogen-bond acceptors (Lipinski definition) is 11. The molecule has 0 fully saturated rings. The fourth-order valence-corrected chi connectivity index (χ4v) is 28.9. The molecule has 0 bridgehead atoms. The maximum atomic E-state index is 16.8. The molecule has 0 aliphatic carbocycles. The minimum absolute atomic E-state index is 0.617. The third kappa shape index (κ3) is 10.6. The van der Waals surface area contributed by atoms with Crippen molar-refractivity contribution in [3.63, 3.8) is 0 Å². The van der Waals surface area contributed by atoms with Gasteiger partial charge in [0.1, 0.15) is 0 Å². The summed E-state index contributed by atoms with van der Waals surface area (Å²) in [7, 11) is -6.83. The summed E-state index contributed by atoms with van der Waals surface area (Å²) in [6.45, 7) is 0. The summed E-state index contributed by atoms with van der Waals surface area (Å²) in [5.41, 5.74) is 20.6. The van der Waals surface area contributed by atoms with Crippen molar-refractivity contribution in [2.45, 2.75) is 10.8 Å². The molecule has 4 atom stereocenters. The molecule has 13 heteroatoms. The van der Waals surface area contributed by atoms with Gasteiger partial charge in [-0.1, -0.05) is 273 Å². The smallest absolute Gasteiger partial charge is 0.171 e. The Hall–Kier alpha value is -14.4. The van der Waals surface area contributed by atoms with Gasteiger partial charge in [0.25, 0.3) is 0 Å². The quantitative estimate of drug-likeness (QED) is 0.138. The SMILES string of the molecule is O=P1(c2ccccc2)c2ccccc2C2(c3ccccc3N(c3ccccc3)c3cc(-c4ccnc5ncccc45)ccc32)c2cc3c(cc21)sc1ccccc13.O=P1(c2ccccc2)c2ccccc2C2(c3ccccc3N(c3ccccc3)c3cc(-c4nc(-c5ccccc5)cc(-c5ccncc5)n4)ccc32)c2cc3c(cc21)sc1ccccc13. The first-order valence-corrected chi connectivity index (χ1v) is 46.0. The summed E-state index contributed by atoms with van der Waals surface area (Å²) in [6, 6.07) is 139. The fourth-order valence-electron chi connectivity index (χ4n) is 20.2. The average Bonchev–Trinajstić information content (AvgIpc) is 0.854. The first-order valence-electron chi connectivity index (χ1n) is 40.9. The maximum Gasteiger partial charge on any atom is 0.171 e. The summed E-state index contributed by atoms with van der Waals surface area (Å²) >= 11 is 3.54.